The Kier molecular flexibility index (Phi) is 5.18. The van der Waals surface area contributed by atoms with Gasteiger partial charge in [-0.25, -0.2) is 4.79 Å². The highest BCUT2D eigenvalue weighted by Crippen LogP contribution is 2.24. The first-order valence-electron chi connectivity index (χ1n) is 6.21. The largest absolute Gasteiger partial charge is 0.478 e. The van der Waals surface area contributed by atoms with Crippen molar-refractivity contribution in [2.45, 2.75) is 20.3 Å². The van der Waals surface area contributed by atoms with Crippen LogP contribution in [0.1, 0.15) is 30.6 Å². The number of hydrogen-bond acceptors (Lipinski definition) is 4. The highest BCUT2D eigenvalue weighted by Gasteiger charge is 2.17. The number of benzene rings is 1. The second-order valence-electron chi connectivity index (χ2n) is 5.37. The Balaban J connectivity index is 2.65. The van der Waals surface area contributed by atoms with Crippen molar-refractivity contribution in [2.24, 2.45) is 5.41 Å². The number of nitrogens with one attached hydrogen (secondary N) is 1. The summed E-state index contributed by atoms with van der Waals surface area (Å²) >= 11 is 0. The lowest BCUT2D eigenvalue weighted by Crippen LogP contribution is -2.25. The average molecular weight is 266 g/mol. The third-order valence-corrected chi connectivity index (χ3v) is 3.04. The smallest absolute Gasteiger partial charge is 0.335 e. The molecule has 5 nitrogen and oxygen atoms in total. The molecule has 0 heterocycles. The van der Waals surface area contributed by atoms with Gasteiger partial charge >= 0.3 is 5.97 Å². The highest BCUT2D eigenvalue weighted by atomic mass is 16.5. The molecule has 0 aromatic heterocycles. The van der Waals surface area contributed by atoms with Gasteiger partial charge in [-0.15, -0.1) is 0 Å². The zero-order valence-electron chi connectivity index (χ0n) is 11.7. The van der Waals surface area contributed by atoms with Crippen LogP contribution in [0.5, 0.6) is 0 Å². The van der Waals surface area contributed by atoms with Crippen LogP contribution in [0.3, 0.4) is 0 Å². The molecular weight excluding hydrogens is 244 g/mol. The summed E-state index contributed by atoms with van der Waals surface area (Å²) in [5.41, 5.74) is 7.32. The topological polar surface area (TPSA) is 84.6 Å². The molecule has 0 saturated heterocycles. The zero-order chi connectivity index (χ0) is 14.5. The monoisotopic (exact) mass is 266 g/mol. The van der Waals surface area contributed by atoms with Crippen LogP contribution >= 0.6 is 0 Å². The highest BCUT2D eigenvalue weighted by molar-refractivity contribution is 5.90. The fourth-order valence-electron chi connectivity index (χ4n) is 1.66. The van der Waals surface area contributed by atoms with Gasteiger partial charge in [-0.1, -0.05) is 13.8 Å². The lowest BCUT2D eigenvalue weighted by atomic mass is 9.89. The van der Waals surface area contributed by atoms with Gasteiger partial charge in [-0.2, -0.15) is 0 Å². The summed E-state index contributed by atoms with van der Waals surface area (Å²) in [5.74, 6) is -0.973. The Morgan fingerprint density at radius 1 is 1.47 bits per heavy atom. The van der Waals surface area contributed by atoms with Gasteiger partial charge in [-0.05, 0) is 30.0 Å². The van der Waals surface area contributed by atoms with Gasteiger partial charge in [0.2, 0.25) is 0 Å². The minimum atomic E-state index is -0.973. The lowest BCUT2D eigenvalue weighted by molar-refractivity contribution is 0.0697. The molecule has 106 valence electrons. The summed E-state index contributed by atoms with van der Waals surface area (Å²) in [6.45, 7) is 5.73. The van der Waals surface area contributed by atoms with Crippen LogP contribution in [0.15, 0.2) is 18.2 Å². The number of carboxylic acids is 1. The molecule has 0 saturated carbocycles. The normalized spacial score (nSPS) is 11.3. The van der Waals surface area contributed by atoms with E-state index in [4.69, 9.17) is 15.6 Å². The van der Waals surface area contributed by atoms with Crippen LogP contribution < -0.4 is 11.1 Å². The number of rotatable bonds is 7. The fraction of sp³-hybridized carbons (Fsp3) is 0.500. The standard InChI is InChI=1S/C14H22N2O3/c1-14(2,6-7-19-3)9-16-12-5-4-10(13(17)18)8-11(12)15/h4-5,8,16H,6-7,9,15H2,1-3H3,(H,17,18). The van der Waals surface area contributed by atoms with Crippen molar-refractivity contribution in [1.82, 2.24) is 0 Å². The van der Waals surface area contributed by atoms with Crippen molar-refractivity contribution in [2.75, 3.05) is 31.3 Å². The number of carboxylic acid groups (broad SMARTS) is 1. The molecule has 19 heavy (non-hydrogen) atoms. The van der Waals surface area contributed by atoms with Crippen molar-refractivity contribution >= 4 is 17.3 Å². The van der Waals surface area contributed by atoms with Gasteiger partial charge in [-0.3, -0.25) is 0 Å². The molecule has 0 spiro atoms. The van der Waals surface area contributed by atoms with E-state index in [1.807, 2.05) is 0 Å². The number of hydrogen-bond donors (Lipinski definition) is 3. The molecule has 0 atom stereocenters. The summed E-state index contributed by atoms with van der Waals surface area (Å²) in [6, 6.07) is 4.71. The van der Waals surface area contributed by atoms with E-state index in [1.54, 1.807) is 19.2 Å². The van der Waals surface area contributed by atoms with E-state index in [1.165, 1.54) is 6.07 Å². The van der Waals surface area contributed by atoms with Crippen molar-refractivity contribution in [3.8, 4) is 0 Å². The van der Waals surface area contributed by atoms with Crippen LogP contribution in [0, 0.1) is 5.41 Å². The van der Waals surface area contributed by atoms with Gasteiger partial charge in [0.15, 0.2) is 0 Å². The molecule has 1 aromatic rings. The first kappa shape index (κ1) is 15.3. The van der Waals surface area contributed by atoms with E-state index in [9.17, 15) is 4.79 Å². The number of anilines is 2. The Labute approximate surface area is 113 Å². The third-order valence-electron chi connectivity index (χ3n) is 3.04. The van der Waals surface area contributed by atoms with Crippen molar-refractivity contribution in [1.29, 1.82) is 0 Å². The fourth-order valence-corrected chi connectivity index (χ4v) is 1.66. The number of nitrogens with two attached hydrogens (primary N) is 1. The second-order valence-corrected chi connectivity index (χ2v) is 5.37. The molecule has 1 aromatic carbocycles. The average Bonchev–Trinajstić information content (AvgIpc) is 2.35. The molecule has 0 aliphatic carbocycles. The molecule has 1 rings (SSSR count). The summed E-state index contributed by atoms with van der Waals surface area (Å²) in [6.07, 6.45) is 0.934. The summed E-state index contributed by atoms with van der Waals surface area (Å²) < 4.78 is 5.08. The number of ether oxygens (including phenoxy) is 1. The zero-order valence-corrected chi connectivity index (χ0v) is 11.7. The number of methoxy groups -OCH3 is 1. The number of aromatic carboxylic acids is 1. The molecule has 0 amide bonds. The van der Waals surface area contributed by atoms with Crippen LogP contribution in [0.2, 0.25) is 0 Å². The lowest BCUT2D eigenvalue weighted by Gasteiger charge is -2.25. The summed E-state index contributed by atoms with van der Waals surface area (Å²) in [4.78, 5) is 10.8. The van der Waals surface area contributed by atoms with Gasteiger partial charge < -0.3 is 20.9 Å². The van der Waals surface area contributed by atoms with E-state index in [0.717, 1.165) is 18.7 Å². The molecule has 5 heteroatoms. The molecule has 0 bridgehead atoms. The molecule has 0 aliphatic heterocycles. The molecule has 0 unspecified atom stereocenters. The SMILES string of the molecule is COCCC(C)(C)CNc1ccc(C(=O)O)cc1N. The minimum absolute atomic E-state index is 0.0773. The van der Waals surface area contributed by atoms with E-state index in [0.29, 0.717) is 12.3 Å². The quantitative estimate of drug-likeness (QED) is 0.660. The molecule has 0 radical (unpaired) electrons. The molecular formula is C14H22N2O3. The maximum absolute atomic E-state index is 10.8. The van der Waals surface area contributed by atoms with Crippen molar-refractivity contribution < 1.29 is 14.6 Å². The van der Waals surface area contributed by atoms with Crippen LogP contribution in [-0.2, 0) is 4.74 Å². The first-order valence-corrected chi connectivity index (χ1v) is 6.21. The second kappa shape index (κ2) is 6.43. The molecule has 0 fully saturated rings. The van der Waals surface area contributed by atoms with Gasteiger partial charge in [0, 0.05) is 20.3 Å². The van der Waals surface area contributed by atoms with E-state index < -0.39 is 5.97 Å². The number of nitrogen functional groups attached to an aromatic ring is 1. The predicted octanol–water partition coefficient (Wildman–Crippen LogP) is 2.44. The molecule has 0 aliphatic rings. The van der Waals surface area contributed by atoms with Gasteiger partial charge in [0.05, 0.1) is 16.9 Å². The minimum Gasteiger partial charge on any atom is -0.478 e. The summed E-state index contributed by atoms with van der Waals surface area (Å²) in [5, 5.41) is 12.1. The Hall–Kier alpha value is -1.75. The first-order chi connectivity index (χ1) is 8.85. The number of carbonyl (C=O) groups is 1. The van der Waals surface area contributed by atoms with Gasteiger partial charge in [0.25, 0.3) is 0 Å². The van der Waals surface area contributed by atoms with Gasteiger partial charge in [0.1, 0.15) is 0 Å². The molecule has 4 N–H and O–H groups in total. The predicted molar refractivity (Wildman–Crippen MR) is 76.6 cm³/mol. The maximum atomic E-state index is 10.8. The van der Waals surface area contributed by atoms with Crippen molar-refractivity contribution in [3.63, 3.8) is 0 Å². The van der Waals surface area contributed by atoms with Crippen LogP contribution in [0.4, 0.5) is 11.4 Å². The van der Waals surface area contributed by atoms with Crippen molar-refractivity contribution in [3.05, 3.63) is 23.8 Å². The third kappa shape index (κ3) is 4.79. The summed E-state index contributed by atoms with van der Waals surface area (Å²) in [7, 11) is 1.69. The Morgan fingerprint density at radius 3 is 2.68 bits per heavy atom. The Bertz CT molecular complexity index is 444. The van der Waals surface area contributed by atoms with Crippen LogP contribution in [0.25, 0.3) is 0 Å². The maximum Gasteiger partial charge on any atom is 0.335 e. The van der Waals surface area contributed by atoms with E-state index in [2.05, 4.69) is 19.2 Å². The van der Waals surface area contributed by atoms with E-state index >= 15 is 0 Å². The van der Waals surface area contributed by atoms with E-state index in [-0.39, 0.29) is 11.0 Å². The Morgan fingerprint density at radius 2 is 2.16 bits per heavy atom. The van der Waals surface area contributed by atoms with Crippen LogP contribution in [-0.4, -0.2) is 31.3 Å².